The van der Waals surface area contributed by atoms with Gasteiger partial charge in [0.1, 0.15) is 12.2 Å². The Morgan fingerprint density at radius 2 is 2.10 bits per heavy atom. The van der Waals surface area contributed by atoms with Crippen LogP contribution in [0.15, 0.2) is 15.3 Å². The molecule has 0 aliphatic rings. The topological polar surface area (TPSA) is 88.3 Å². The largest absolute Gasteiger partial charge is 0.466 e. The van der Waals surface area contributed by atoms with Gasteiger partial charge in [0, 0.05) is 6.54 Å². The maximum Gasteiger partial charge on any atom is 0.313 e. The highest BCUT2D eigenvalue weighted by atomic mass is 79.9. The highest BCUT2D eigenvalue weighted by Crippen LogP contribution is 2.17. The van der Waals surface area contributed by atoms with E-state index >= 15 is 0 Å². The number of nitrogens with one attached hydrogen (secondary N) is 2. The first kappa shape index (κ1) is 16.4. The van der Waals surface area contributed by atoms with Gasteiger partial charge in [0.2, 0.25) is 0 Å². The fraction of sp³-hybridized carbons (Fsp3) is 0.462. The van der Waals surface area contributed by atoms with E-state index in [2.05, 4.69) is 26.2 Å². The fourth-order valence-electron chi connectivity index (χ4n) is 1.55. The maximum atomic E-state index is 12.1. The second-order valence-electron chi connectivity index (χ2n) is 4.07. The number of esters is 1. The Labute approximate surface area is 125 Å². The second-order valence-corrected chi connectivity index (χ2v) is 4.92. The van der Waals surface area contributed by atoms with Gasteiger partial charge < -0.3 is 15.0 Å². The number of pyridine rings is 1. The molecule has 0 radical (unpaired) electrons. The summed E-state index contributed by atoms with van der Waals surface area (Å²) in [7, 11) is 0. The van der Waals surface area contributed by atoms with Crippen molar-refractivity contribution in [3.8, 4) is 0 Å². The third-order valence-electron chi connectivity index (χ3n) is 2.46. The molecule has 0 atom stereocenters. The molecule has 1 aromatic rings. The summed E-state index contributed by atoms with van der Waals surface area (Å²) >= 11 is 3.07. The monoisotopic (exact) mass is 344 g/mol. The van der Waals surface area contributed by atoms with Crippen LogP contribution in [0.4, 0.5) is 5.82 Å². The smallest absolute Gasteiger partial charge is 0.313 e. The quantitative estimate of drug-likeness (QED) is 0.449. The average Bonchev–Trinajstić information content (AvgIpc) is 2.39. The van der Waals surface area contributed by atoms with Gasteiger partial charge in [-0.1, -0.05) is 6.92 Å². The third kappa shape index (κ3) is 4.48. The zero-order valence-electron chi connectivity index (χ0n) is 11.4. The zero-order chi connectivity index (χ0) is 15.1. The molecule has 0 unspecified atom stereocenters. The Morgan fingerprint density at radius 1 is 1.40 bits per heavy atom. The highest BCUT2D eigenvalue weighted by molar-refractivity contribution is 9.10. The summed E-state index contributed by atoms with van der Waals surface area (Å²) in [5.74, 6) is -0.658. The van der Waals surface area contributed by atoms with Crippen LogP contribution in [-0.4, -0.2) is 29.9 Å². The number of hydrogen-bond donors (Lipinski definition) is 2. The number of ether oxygens (including phenoxy) is 1. The number of aromatic nitrogens is 1. The van der Waals surface area contributed by atoms with Crippen molar-refractivity contribution in [1.29, 1.82) is 0 Å². The summed E-state index contributed by atoms with van der Waals surface area (Å²) in [4.78, 5) is 37.6. The van der Waals surface area contributed by atoms with Crippen LogP contribution in [0.2, 0.25) is 0 Å². The van der Waals surface area contributed by atoms with E-state index < -0.39 is 11.8 Å². The molecule has 0 bridgehead atoms. The summed E-state index contributed by atoms with van der Waals surface area (Å²) in [5, 5.41) is 2.97. The molecule has 0 aliphatic heterocycles. The van der Waals surface area contributed by atoms with Gasteiger partial charge in [-0.2, -0.15) is 0 Å². The summed E-state index contributed by atoms with van der Waals surface area (Å²) in [6, 6.07) is 1.42. The summed E-state index contributed by atoms with van der Waals surface area (Å²) < 4.78 is 4.99. The van der Waals surface area contributed by atoms with Crippen molar-refractivity contribution in [1.82, 2.24) is 4.98 Å². The first-order valence-corrected chi connectivity index (χ1v) is 7.14. The van der Waals surface area contributed by atoms with Gasteiger partial charge in [-0.05, 0) is 35.3 Å². The molecule has 1 heterocycles. The van der Waals surface area contributed by atoms with Crippen LogP contribution < -0.4 is 10.9 Å². The average molecular weight is 345 g/mol. The number of aromatic amines is 1. The van der Waals surface area contributed by atoms with Crippen LogP contribution in [-0.2, 0) is 9.53 Å². The van der Waals surface area contributed by atoms with Crippen molar-refractivity contribution < 1.29 is 14.3 Å². The van der Waals surface area contributed by atoms with E-state index in [1.165, 1.54) is 6.07 Å². The Kier molecular flexibility index (Phi) is 6.44. The molecule has 1 aromatic heterocycles. The first-order valence-electron chi connectivity index (χ1n) is 6.35. The number of carbonyl (C=O) groups is 2. The standard InChI is InChI=1S/C13H17BrN2O4/c1-3-5-15-12-8(6-9(14)13(19)16-12)10(17)7-11(18)20-4-2/h6H,3-5,7H2,1-2H3,(H2,15,16,19). The number of halogens is 1. The van der Waals surface area contributed by atoms with Gasteiger partial charge in [0.15, 0.2) is 5.78 Å². The van der Waals surface area contributed by atoms with Crippen LogP contribution in [0.25, 0.3) is 0 Å². The number of ketones is 1. The van der Waals surface area contributed by atoms with Crippen LogP contribution >= 0.6 is 15.9 Å². The molecule has 110 valence electrons. The number of carbonyl (C=O) groups excluding carboxylic acids is 2. The Hall–Kier alpha value is -1.63. The molecule has 20 heavy (non-hydrogen) atoms. The van der Waals surface area contributed by atoms with Crippen molar-refractivity contribution in [2.45, 2.75) is 26.7 Å². The fourth-order valence-corrected chi connectivity index (χ4v) is 1.88. The van der Waals surface area contributed by atoms with E-state index in [1.807, 2.05) is 6.92 Å². The molecule has 6 nitrogen and oxygen atoms in total. The lowest BCUT2D eigenvalue weighted by Crippen LogP contribution is -2.19. The lowest BCUT2D eigenvalue weighted by Gasteiger charge is -2.10. The minimum Gasteiger partial charge on any atom is -0.466 e. The van der Waals surface area contributed by atoms with E-state index in [9.17, 15) is 14.4 Å². The normalized spacial score (nSPS) is 10.2. The molecule has 0 aromatic carbocycles. The minimum absolute atomic E-state index is 0.225. The maximum absolute atomic E-state index is 12.1. The van der Waals surface area contributed by atoms with E-state index in [0.717, 1.165) is 6.42 Å². The zero-order valence-corrected chi connectivity index (χ0v) is 13.0. The number of anilines is 1. The number of rotatable bonds is 7. The van der Waals surface area contributed by atoms with Gasteiger partial charge in [-0.15, -0.1) is 0 Å². The van der Waals surface area contributed by atoms with Crippen molar-refractivity contribution in [3.05, 3.63) is 26.5 Å². The first-order chi connectivity index (χ1) is 9.49. The molecule has 0 spiro atoms. The molecule has 2 N–H and O–H groups in total. The lowest BCUT2D eigenvalue weighted by atomic mass is 10.1. The minimum atomic E-state index is -0.582. The predicted molar refractivity (Wildman–Crippen MR) is 79.1 cm³/mol. The van der Waals surface area contributed by atoms with Crippen molar-refractivity contribution in [3.63, 3.8) is 0 Å². The Balaban J connectivity index is 3.01. The van der Waals surface area contributed by atoms with Crippen molar-refractivity contribution >= 4 is 33.5 Å². The van der Waals surface area contributed by atoms with E-state index in [1.54, 1.807) is 6.92 Å². The van der Waals surface area contributed by atoms with Crippen LogP contribution in [0, 0.1) is 0 Å². The summed E-state index contributed by atoms with van der Waals surface area (Å²) in [6.45, 7) is 4.47. The molecule has 0 fully saturated rings. The lowest BCUT2D eigenvalue weighted by molar-refractivity contribution is -0.141. The van der Waals surface area contributed by atoms with Crippen LogP contribution in [0.5, 0.6) is 0 Å². The molecular formula is C13H17BrN2O4. The number of hydrogen-bond acceptors (Lipinski definition) is 5. The molecule has 0 saturated carbocycles. The SMILES string of the molecule is CCCNc1[nH]c(=O)c(Br)cc1C(=O)CC(=O)OCC. The van der Waals surface area contributed by atoms with Gasteiger partial charge in [0.05, 0.1) is 16.6 Å². The molecular weight excluding hydrogens is 328 g/mol. The van der Waals surface area contributed by atoms with E-state index in [4.69, 9.17) is 4.74 Å². The van der Waals surface area contributed by atoms with E-state index in [-0.39, 0.29) is 28.6 Å². The molecule has 0 saturated heterocycles. The van der Waals surface area contributed by atoms with Crippen molar-refractivity contribution in [2.24, 2.45) is 0 Å². The van der Waals surface area contributed by atoms with Gasteiger partial charge in [-0.25, -0.2) is 0 Å². The van der Waals surface area contributed by atoms with Gasteiger partial charge >= 0.3 is 5.97 Å². The van der Waals surface area contributed by atoms with Gasteiger partial charge in [0.25, 0.3) is 5.56 Å². The predicted octanol–water partition coefficient (Wildman–Crippen LogP) is 2.10. The molecule has 0 amide bonds. The molecule has 7 heteroatoms. The van der Waals surface area contributed by atoms with Crippen LogP contribution in [0.1, 0.15) is 37.0 Å². The Morgan fingerprint density at radius 3 is 2.70 bits per heavy atom. The second kappa shape index (κ2) is 7.84. The Bertz CT molecular complexity index is 554. The van der Waals surface area contributed by atoms with Crippen molar-refractivity contribution in [2.75, 3.05) is 18.5 Å². The number of H-pyrrole nitrogens is 1. The van der Waals surface area contributed by atoms with E-state index in [0.29, 0.717) is 12.4 Å². The summed E-state index contributed by atoms with van der Waals surface area (Å²) in [5.41, 5.74) is -0.0748. The number of Topliss-reactive ketones (excluding diaryl/α,β-unsaturated/α-hetero) is 1. The molecule has 1 rings (SSSR count). The van der Waals surface area contributed by atoms with Gasteiger partial charge in [-0.3, -0.25) is 14.4 Å². The summed E-state index contributed by atoms with van der Waals surface area (Å²) in [6.07, 6.45) is 0.483. The highest BCUT2D eigenvalue weighted by Gasteiger charge is 2.18. The van der Waals surface area contributed by atoms with Crippen LogP contribution in [0.3, 0.4) is 0 Å². The molecule has 0 aliphatic carbocycles. The third-order valence-corrected chi connectivity index (χ3v) is 3.05.